The molecule has 0 spiro atoms. The van der Waals surface area contributed by atoms with Crippen LogP contribution in [-0.4, -0.2) is 37.1 Å². The molecule has 3 aromatic rings. The van der Waals surface area contributed by atoms with Gasteiger partial charge in [-0.3, -0.25) is 9.69 Å². The van der Waals surface area contributed by atoms with Crippen LogP contribution in [0, 0.1) is 0 Å². The van der Waals surface area contributed by atoms with Crippen molar-refractivity contribution in [1.29, 1.82) is 0 Å². The van der Waals surface area contributed by atoms with Crippen LogP contribution in [0.4, 0.5) is 0 Å². The summed E-state index contributed by atoms with van der Waals surface area (Å²) in [5, 5.41) is 0. The summed E-state index contributed by atoms with van der Waals surface area (Å²) < 4.78 is 11.6. The molecule has 0 N–H and O–H groups in total. The predicted octanol–water partition coefficient (Wildman–Crippen LogP) is 8.02. The molecule has 0 unspecified atom stereocenters. The lowest BCUT2D eigenvalue weighted by molar-refractivity contribution is -0.134. The Balaban J connectivity index is 1.50. The van der Waals surface area contributed by atoms with Gasteiger partial charge in [-0.05, 0) is 91.4 Å². The summed E-state index contributed by atoms with van der Waals surface area (Å²) >= 11 is 0. The van der Waals surface area contributed by atoms with Crippen LogP contribution in [0.2, 0.25) is 0 Å². The number of hydrogen-bond donors (Lipinski definition) is 0. The van der Waals surface area contributed by atoms with Crippen molar-refractivity contribution in [2.24, 2.45) is 0 Å². The van der Waals surface area contributed by atoms with Gasteiger partial charge in [0.2, 0.25) is 0 Å². The average Bonchev–Trinajstić information content (AvgIpc) is 2.96. The number of carbonyl (C=O) groups is 1. The number of hydrogen-bond acceptors (Lipinski definition) is 4. The third-order valence-corrected chi connectivity index (χ3v) is 7.21. The predicted molar refractivity (Wildman–Crippen MR) is 156 cm³/mol. The molecule has 1 fully saturated rings. The first-order chi connectivity index (χ1) is 18.6. The number of esters is 1. The molecular weight excluding hydrogens is 470 g/mol. The Labute approximate surface area is 228 Å². The summed E-state index contributed by atoms with van der Waals surface area (Å²) in [6.07, 6.45) is 7.41. The number of carbonyl (C=O) groups excluding carboxylic acids is 1. The molecule has 1 aliphatic heterocycles. The fourth-order valence-electron chi connectivity index (χ4n) is 5.02. The van der Waals surface area contributed by atoms with Crippen LogP contribution in [0.15, 0.2) is 78.9 Å². The molecule has 38 heavy (non-hydrogen) atoms. The quantitative estimate of drug-likeness (QED) is 0.107. The highest BCUT2D eigenvalue weighted by atomic mass is 16.5. The van der Waals surface area contributed by atoms with E-state index < -0.39 is 0 Å². The molecular formula is C34H41NO3. The van der Waals surface area contributed by atoms with Crippen LogP contribution < -0.4 is 9.47 Å². The molecule has 0 aliphatic carbocycles. The third-order valence-electron chi connectivity index (χ3n) is 7.21. The maximum atomic E-state index is 12.2. The molecule has 0 bridgehead atoms. The lowest BCUT2D eigenvalue weighted by Gasteiger charge is -2.26. The molecule has 0 atom stereocenters. The van der Waals surface area contributed by atoms with E-state index in [-0.39, 0.29) is 5.97 Å². The van der Waals surface area contributed by atoms with Crippen molar-refractivity contribution in [2.45, 2.75) is 58.8 Å². The number of allylic oxidation sites excluding steroid dienone is 1. The van der Waals surface area contributed by atoms with Crippen molar-refractivity contribution in [1.82, 2.24) is 4.90 Å². The van der Waals surface area contributed by atoms with Gasteiger partial charge in [-0.25, -0.2) is 0 Å². The number of nitrogens with zero attached hydrogens (tertiary/aromatic N) is 1. The summed E-state index contributed by atoms with van der Waals surface area (Å²) in [5.41, 5.74) is 5.72. The zero-order valence-corrected chi connectivity index (χ0v) is 23.0. The van der Waals surface area contributed by atoms with Gasteiger partial charge in [-0.15, -0.1) is 0 Å². The van der Waals surface area contributed by atoms with E-state index in [0.717, 1.165) is 48.3 Å². The number of unbranched alkanes of at least 4 members (excludes halogenated alkanes) is 2. The van der Waals surface area contributed by atoms with E-state index in [1.807, 2.05) is 30.3 Å². The summed E-state index contributed by atoms with van der Waals surface area (Å²) in [4.78, 5) is 14.7. The van der Waals surface area contributed by atoms with Gasteiger partial charge in [0.05, 0.1) is 0 Å². The van der Waals surface area contributed by atoms with Crippen molar-refractivity contribution in [3.8, 4) is 11.5 Å². The Morgan fingerprint density at radius 2 is 1.39 bits per heavy atom. The lowest BCUT2D eigenvalue weighted by Crippen LogP contribution is -2.33. The second-order valence-corrected chi connectivity index (χ2v) is 10.1. The van der Waals surface area contributed by atoms with Gasteiger partial charge in [0.25, 0.3) is 0 Å². The molecule has 3 aromatic carbocycles. The molecule has 0 amide bonds. The monoisotopic (exact) mass is 511 g/mol. The standard InChI is InChI=1S/C34H41NO3/c1-3-4-7-14-33(36)38-32-21-17-30(18-22-32)34(27(2)28-12-8-5-9-13-28)29-15-19-31(20-16-29)37-26-25-35-23-10-6-11-24-35/h5,8-9,12-13,15-22H,3-4,6-7,10-11,14,23-26H2,1-2H3/b34-27+. The van der Waals surface area contributed by atoms with Crippen molar-refractivity contribution in [2.75, 3.05) is 26.2 Å². The largest absolute Gasteiger partial charge is 0.492 e. The molecule has 1 aliphatic rings. The number of likely N-dealkylation sites (tertiary alicyclic amines) is 1. The van der Waals surface area contributed by atoms with E-state index in [1.165, 1.54) is 43.5 Å². The first-order valence-corrected chi connectivity index (χ1v) is 14.2. The summed E-state index contributed by atoms with van der Waals surface area (Å²) in [5.74, 6) is 1.32. The highest BCUT2D eigenvalue weighted by molar-refractivity contribution is 5.98. The van der Waals surface area contributed by atoms with E-state index in [2.05, 4.69) is 67.3 Å². The highest BCUT2D eigenvalue weighted by Gasteiger charge is 2.13. The van der Waals surface area contributed by atoms with Crippen molar-refractivity contribution in [3.05, 3.63) is 95.6 Å². The van der Waals surface area contributed by atoms with Gasteiger partial charge in [-0.2, -0.15) is 0 Å². The second-order valence-electron chi connectivity index (χ2n) is 10.1. The molecule has 4 nitrogen and oxygen atoms in total. The number of rotatable bonds is 12. The topological polar surface area (TPSA) is 38.8 Å². The van der Waals surface area contributed by atoms with Gasteiger partial charge in [0.1, 0.15) is 18.1 Å². The van der Waals surface area contributed by atoms with Gasteiger partial charge in [0.15, 0.2) is 0 Å². The molecule has 200 valence electrons. The molecule has 1 heterocycles. The van der Waals surface area contributed by atoms with Crippen molar-refractivity contribution in [3.63, 3.8) is 0 Å². The van der Waals surface area contributed by atoms with Crippen molar-refractivity contribution < 1.29 is 14.3 Å². The minimum atomic E-state index is -0.168. The number of ether oxygens (including phenoxy) is 2. The highest BCUT2D eigenvalue weighted by Crippen LogP contribution is 2.34. The van der Waals surface area contributed by atoms with Gasteiger partial charge in [0, 0.05) is 13.0 Å². The van der Waals surface area contributed by atoms with E-state index in [4.69, 9.17) is 9.47 Å². The van der Waals surface area contributed by atoms with Crippen LogP contribution in [0.25, 0.3) is 11.1 Å². The van der Waals surface area contributed by atoms with Gasteiger partial charge < -0.3 is 9.47 Å². The zero-order valence-electron chi connectivity index (χ0n) is 23.0. The second kappa shape index (κ2) is 14.5. The number of piperidine rings is 1. The molecule has 0 aromatic heterocycles. The fourth-order valence-corrected chi connectivity index (χ4v) is 5.02. The minimum Gasteiger partial charge on any atom is -0.492 e. The smallest absolute Gasteiger partial charge is 0.311 e. The Bertz CT molecular complexity index is 1160. The van der Waals surface area contributed by atoms with E-state index in [9.17, 15) is 4.79 Å². The Morgan fingerprint density at radius 1 is 0.763 bits per heavy atom. The van der Waals surface area contributed by atoms with E-state index in [1.54, 1.807) is 0 Å². The lowest BCUT2D eigenvalue weighted by atomic mass is 9.90. The Morgan fingerprint density at radius 3 is 2.03 bits per heavy atom. The van der Waals surface area contributed by atoms with Crippen LogP contribution in [0.1, 0.15) is 75.5 Å². The van der Waals surface area contributed by atoms with Gasteiger partial charge in [-0.1, -0.05) is 80.8 Å². The minimum absolute atomic E-state index is 0.168. The van der Waals surface area contributed by atoms with Crippen LogP contribution in [0.3, 0.4) is 0 Å². The fraction of sp³-hybridized carbons (Fsp3) is 0.382. The van der Waals surface area contributed by atoms with Crippen LogP contribution in [-0.2, 0) is 4.79 Å². The van der Waals surface area contributed by atoms with Crippen molar-refractivity contribution >= 4 is 17.1 Å². The normalized spacial score (nSPS) is 14.6. The third kappa shape index (κ3) is 8.06. The first-order valence-electron chi connectivity index (χ1n) is 14.2. The first kappa shape index (κ1) is 27.7. The molecule has 4 heteroatoms. The molecule has 1 saturated heterocycles. The maximum absolute atomic E-state index is 12.2. The summed E-state index contributed by atoms with van der Waals surface area (Å²) in [6.45, 7) is 8.36. The Kier molecular flexibility index (Phi) is 10.6. The molecule has 0 radical (unpaired) electrons. The molecule has 4 rings (SSSR count). The number of benzene rings is 3. The maximum Gasteiger partial charge on any atom is 0.311 e. The SMILES string of the molecule is CCCCCC(=O)Oc1ccc(/C(=C(\C)c2ccccc2)c2ccc(OCCN3CCCCC3)cc2)cc1. The summed E-state index contributed by atoms with van der Waals surface area (Å²) in [7, 11) is 0. The van der Waals surface area contributed by atoms with E-state index >= 15 is 0 Å². The summed E-state index contributed by atoms with van der Waals surface area (Å²) in [6, 6.07) is 26.7. The Hall–Kier alpha value is -3.37. The molecule has 0 saturated carbocycles. The van der Waals surface area contributed by atoms with Crippen LogP contribution in [0.5, 0.6) is 11.5 Å². The van der Waals surface area contributed by atoms with Gasteiger partial charge >= 0.3 is 5.97 Å². The zero-order chi connectivity index (χ0) is 26.6. The van der Waals surface area contributed by atoms with E-state index in [0.29, 0.717) is 18.8 Å². The average molecular weight is 512 g/mol. The van der Waals surface area contributed by atoms with Crippen LogP contribution >= 0.6 is 0 Å².